The van der Waals surface area contributed by atoms with E-state index in [-0.39, 0.29) is 6.54 Å². The lowest BCUT2D eigenvalue weighted by Gasteiger charge is -2.05. The van der Waals surface area contributed by atoms with E-state index >= 15 is 0 Å². The zero-order chi connectivity index (χ0) is 11.5. The maximum absolute atomic E-state index is 10.7. The van der Waals surface area contributed by atoms with Crippen molar-refractivity contribution in [3.63, 3.8) is 0 Å². The Kier molecular flexibility index (Phi) is 2.72. The highest BCUT2D eigenvalue weighted by Gasteiger charge is 2.08. The van der Waals surface area contributed by atoms with E-state index in [4.69, 9.17) is 5.11 Å². The second-order valence-corrected chi connectivity index (χ2v) is 3.64. The van der Waals surface area contributed by atoms with Crippen LogP contribution in [0.3, 0.4) is 0 Å². The van der Waals surface area contributed by atoms with Crippen molar-refractivity contribution in [1.82, 2.24) is 9.55 Å². The number of aryl methyl sites for hydroxylation is 1. The molecule has 0 bridgehead atoms. The lowest BCUT2D eigenvalue weighted by molar-refractivity contribution is -0.137. The normalized spacial score (nSPS) is 10.3. The van der Waals surface area contributed by atoms with E-state index in [1.807, 2.05) is 31.2 Å². The van der Waals surface area contributed by atoms with Crippen LogP contribution in [0.5, 0.6) is 0 Å². The fourth-order valence-electron chi connectivity index (χ4n) is 1.63. The Morgan fingerprint density at radius 2 is 2.31 bits per heavy atom. The van der Waals surface area contributed by atoms with Gasteiger partial charge in [-0.15, -0.1) is 0 Å². The number of hydrogen-bond acceptors (Lipinski definition) is 2. The van der Waals surface area contributed by atoms with E-state index in [0.717, 1.165) is 11.1 Å². The molecular weight excluding hydrogens is 204 g/mol. The predicted molar refractivity (Wildman–Crippen MR) is 60.0 cm³/mol. The van der Waals surface area contributed by atoms with Gasteiger partial charge in [0, 0.05) is 18.0 Å². The number of rotatable bonds is 3. The maximum atomic E-state index is 10.7. The second-order valence-electron chi connectivity index (χ2n) is 3.64. The summed E-state index contributed by atoms with van der Waals surface area (Å²) in [4.78, 5) is 14.8. The van der Waals surface area contributed by atoms with Gasteiger partial charge in [0.1, 0.15) is 12.4 Å². The number of nitrogens with zero attached hydrogens (tertiary/aromatic N) is 2. The molecule has 0 aliphatic rings. The molecule has 82 valence electrons. The van der Waals surface area contributed by atoms with Gasteiger partial charge in [-0.05, 0) is 13.0 Å². The number of benzene rings is 1. The summed E-state index contributed by atoms with van der Waals surface area (Å²) in [6, 6.07) is 7.84. The van der Waals surface area contributed by atoms with Gasteiger partial charge in [0.25, 0.3) is 0 Å². The molecule has 1 N–H and O–H groups in total. The molecule has 1 heterocycles. The highest BCUT2D eigenvalue weighted by molar-refractivity contribution is 5.68. The van der Waals surface area contributed by atoms with Gasteiger partial charge in [0.15, 0.2) is 0 Å². The average molecular weight is 216 g/mol. The minimum atomic E-state index is -0.869. The van der Waals surface area contributed by atoms with Gasteiger partial charge in [-0.25, -0.2) is 4.98 Å². The molecule has 4 nitrogen and oxygen atoms in total. The van der Waals surface area contributed by atoms with Gasteiger partial charge in [0.2, 0.25) is 0 Å². The fourth-order valence-corrected chi connectivity index (χ4v) is 1.63. The molecule has 0 atom stereocenters. The number of carboxylic acids is 1. The average Bonchev–Trinajstić information content (AvgIpc) is 2.65. The lowest BCUT2D eigenvalue weighted by Crippen LogP contribution is -2.09. The summed E-state index contributed by atoms with van der Waals surface area (Å²) in [6.07, 6.45) is 3.28. The molecule has 0 aliphatic heterocycles. The summed E-state index contributed by atoms with van der Waals surface area (Å²) >= 11 is 0. The van der Waals surface area contributed by atoms with Crippen molar-refractivity contribution in [3.05, 3.63) is 42.2 Å². The van der Waals surface area contributed by atoms with Crippen LogP contribution in [0, 0.1) is 6.92 Å². The third kappa shape index (κ3) is 2.11. The molecule has 0 saturated heterocycles. The van der Waals surface area contributed by atoms with E-state index in [2.05, 4.69) is 4.98 Å². The zero-order valence-corrected chi connectivity index (χ0v) is 8.92. The van der Waals surface area contributed by atoms with Crippen LogP contribution in [-0.2, 0) is 11.3 Å². The molecule has 0 spiro atoms. The van der Waals surface area contributed by atoms with Crippen LogP contribution in [0.25, 0.3) is 11.4 Å². The van der Waals surface area contributed by atoms with Crippen LogP contribution in [0.1, 0.15) is 5.56 Å². The molecular formula is C12H12N2O2. The summed E-state index contributed by atoms with van der Waals surface area (Å²) in [5.41, 5.74) is 2.06. The number of aliphatic carboxylic acids is 1. The van der Waals surface area contributed by atoms with Gasteiger partial charge in [-0.3, -0.25) is 4.79 Å². The Balaban J connectivity index is 2.40. The van der Waals surface area contributed by atoms with E-state index in [1.54, 1.807) is 17.0 Å². The van der Waals surface area contributed by atoms with Crippen LogP contribution >= 0.6 is 0 Å². The molecule has 0 unspecified atom stereocenters. The first-order valence-corrected chi connectivity index (χ1v) is 4.97. The van der Waals surface area contributed by atoms with E-state index in [1.165, 1.54) is 0 Å². The van der Waals surface area contributed by atoms with Crippen molar-refractivity contribution in [2.75, 3.05) is 0 Å². The summed E-state index contributed by atoms with van der Waals surface area (Å²) in [5.74, 6) is -0.182. The van der Waals surface area contributed by atoms with Crippen molar-refractivity contribution in [2.24, 2.45) is 0 Å². The van der Waals surface area contributed by atoms with Crippen molar-refractivity contribution < 1.29 is 9.90 Å². The fraction of sp³-hybridized carbons (Fsp3) is 0.167. The van der Waals surface area contributed by atoms with Gasteiger partial charge in [-0.2, -0.15) is 0 Å². The molecule has 2 rings (SSSR count). The summed E-state index contributed by atoms with van der Waals surface area (Å²) < 4.78 is 1.62. The topological polar surface area (TPSA) is 55.1 Å². The van der Waals surface area contributed by atoms with Crippen LogP contribution in [0.15, 0.2) is 36.7 Å². The Hall–Kier alpha value is -2.10. The van der Waals surface area contributed by atoms with Crippen molar-refractivity contribution in [2.45, 2.75) is 13.5 Å². The molecule has 2 aromatic rings. The first-order valence-electron chi connectivity index (χ1n) is 4.97. The molecule has 16 heavy (non-hydrogen) atoms. The highest BCUT2D eigenvalue weighted by Crippen LogP contribution is 2.18. The van der Waals surface area contributed by atoms with E-state index < -0.39 is 5.97 Å². The number of carboxylic acid groups (broad SMARTS) is 1. The standard InChI is InChI=1S/C12H12N2O2/c1-9-3-2-4-10(7-9)12-13-5-6-14(12)8-11(15)16/h2-7H,8H2,1H3,(H,15,16). The number of aromatic nitrogens is 2. The summed E-state index contributed by atoms with van der Waals surface area (Å²) in [7, 11) is 0. The van der Waals surface area contributed by atoms with Gasteiger partial charge >= 0.3 is 5.97 Å². The zero-order valence-electron chi connectivity index (χ0n) is 8.92. The molecule has 0 saturated carbocycles. The largest absolute Gasteiger partial charge is 0.480 e. The predicted octanol–water partition coefficient (Wildman–Crippen LogP) is 1.94. The Morgan fingerprint density at radius 1 is 1.50 bits per heavy atom. The van der Waals surface area contributed by atoms with E-state index in [0.29, 0.717) is 5.82 Å². The third-order valence-corrected chi connectivity index (χ3v) is 2.30. The monoisotopic (exact) mass is 216 g/mol. The van der Waals surface area contributed by atoms with Crippen molar-refractivity contribution in [3.8, 4) is 11.4 Å². The highest BCUT2D eigenvalue weighted by atomic mass is 16.4. The molecule has 1 aromatic heterocycles. The maximum Gasteiger partial charge on any atom is 0.323 e. The molecule has 0 amide bonds. The van der Waals surface area contributed by atoms with Crippen LogP contribution in [-0.4, -0.2) is 20.6 Å². The van der Waals surface area contributed by atoms with Crippen LogP contribution < -0.4 is 0 Å². The molecule has 0 fully saturated rings. The Bertz CT molecular complexity index is 517. The molecule has 0 radical (unpaired) electrons. The van der Waals surface area contributed by atoms with E-state index in [9.17, 15) is 4.79 Å². The molecule has 1 aromatic carbocycles. The first kappa shape index (κ1) is 10.4. The van der Waals surface area contributed by atoms with Gasteiger partial charge < -0.3 is 9.67 Å². The Labute approximate surface area is 93.2 Å². The lowest BCUT2D eigenvalue weighted by atomic mass is 10.1. The van der Waals surface area contributed by atoms with Crippen molar-refractivity contribution in [1.29, 1.82) is 0 Å². The number of carbonyl (C=O) groups is 1. The smallest absolute Gasteiger partial charge is 0.323 e. The van der Waals surface area contributed by atoms with Crippen LogP contribution in [0.2, 0.25) is 0 Å². The Morgan fingerprint density at radius 3 is 3.00 bits per heavy atom. The number of hydrogen-bond donors (Lipinski definition) is 1. The minimum Gasteiger partial charge on any atom is -0.480 e. The van der Waals surface area contributed by atoms with Crippen molar-refractivity contribution >= 4 is 5.97 Å². The van der Waals surface area contributed by atoms with Gasteiger partial charge in [-0.1, -0.05) is 23.8 Å². The number of imidazole rings is 1. The molecule has 4 heteroatoms. The SMILES string of the molecule is Cc1cccc(-c2nccn2CC(=O)O)c1. The quantitative estimate of drug-likeness (QED) is 0.853. The minimum absolute atomic E-state index is 0.0662. The van der Waals surface area contributed by atoms with Crippen LogP contribution in [0.4, 0.5) is 0 Å². The summed E-state index contributed by atoms with van der Waals surface area (Å²) in [6.45, 7) is 1.93. The third-order valence-electron chi connectivity index (χ3n) is 2.30. The summed E-state index contributed by atoms with van der Waals surface area (Å²) in [5, 5.41) is 8.76. The first-order chi connectivity index (χ1) is 7.66. The van der Waals surface area contributed by atoms with Gasteiger partial charge in [0.05, 0.1) is 0 Å². The second kappa shape index (κ2) is 4.18. The molecule has 0 aliphatic carbocycles.